The Hall–Kier alpha value is -1.82. The molecule has 0 fully saturated rings. The summed E-state index contributed by atoms with van der Waals surface area (Å²) in [6.07, 6.45) is 6.05. The van der Waals surface area contributed by atoms with Crippen LogP contribution >= 0.6 is 0 Å². The topological polar surface area (TPSA) is 0 Å². The molecule has 3 rings (SSSR count). The first kappa shape index (κ1) is 20.9. The Morgan fingerprint density at radius 2 is 1.36 bits per heavy atom. The van der Waals surface area contributed by atoms with Gasteiger partial charge in [-0.25, -0.2) is 0 Å². The van der Waals surface area contributed by atoms with Crippen molar-refractivity contribution in [2.75, 3.05) is 0 Å². The molecular weight excluding hydrogens is 336 g/mol. The zero-order valence-electron chi connectivity index (χ0n) is 19.1. The third kappa shape index (κ3) is 3.97. The maximum Gasteiger partial charge on any atom is 0.0167 e. The molecular formula is C28H37. The second kappa shape index (κ2) is 8.27. The van der Waals surface area contributed by atoms with E-state index in [1.807, 2.05) is 0 Å². The highest BCUT2D eigenvalue weighted by Gasteiger charge is 2.23. The van der Waals surface area contributed by atoms with Crippen molar-refractivity contribution in [3.63, 3.8) is 0 Å². The summed E-state index contributed by atoms with van der Waals surface area (Å²) in [6, 6.07) is 12.0. The van der Waals surface area contributed by atoms with Gasteiger partial charge in [-0.3, -0.25) is 0 Å². The second-order valence-corrected chi connectivity index (χ2v) is 9.48. The van der Waals surface area contributed by atoms with Crippen LogP contribution in [0.2, 0.25) is 0 Å². The van der Waals surface area contributed by atoms with Gasteiger partial charge in [0, 0.05) is 6.42 Å². The molecule has 1 aliphatic rings. The molecule has 28 heavy (non-hydrogen) atoms. The molecule has 0 N–H and O–H groups in total. The largest absolute Gasteiger partial charge is 0.0648 e. The van der Waals surface area contributed by atoms with Crippen LogP contribution in [0.25, 0.3) is 17.2 Å². The number of hydrogen-bond acceptors (Lipinski definition) is 0. The van der Waals surface area contributed by atoms with E-state index in [2.05, 4.69) is 98.2 Å². The van der Waals surface area contributed by atoms with Crippen molar-refractivity contribution < 1.29 is 0 Å². The molecule has 2 aromatic carbocycles. The highest BCUT2D eigenvalue weighted by molar-refractivity contribution is 5.86. The van der Waals surface area contributed by atoms with Crippen molar-refractivity contribution in [3.8, 4) is 11.1 Å². The average molecular weight is 374 g/mol. The van der Waals surface area contributed by atoms with E-state index in [-0.39, 0.29) is 0 Å². The third-order valence-corrected chi connectivity index (χ3v) is 6.35. The van der Waals surface area contributed by atoms with E-state index in [0.717, 1.165) is 0 Å². The molecule has 2 aromatic rings. The molecule has 1 aliphatic carbocycles. The van der Waals surface area contributed by atoms with Crippen LogP contribution in [0.15, 0.2) is 35.9 Å². The van der Waals surface area contributed by atoms with Crippen LogP contribution < -0.4 is 0 Å². The number of fused-ring (bicyclic) bond motifs is 1. The quantitative estimate of drug-likeness (QED) is 0.475. The minimum absolute atomic E-state index is 0.506. The van der Waals surface area contributed by atoms with Crippen LogP contribution in [0.5, 0.6) is 0 Å². The summed E-state index contributed by atoms with van der Waals surface area (Å²) >= 11 is 0. The van der Waals surface area contributed by atoms with Crippen LogP contribution in [0.1, 0.15) is 107 Å². The molecule has 1 unspecified atom stereocenters. The standard InChI is InChI=1S/C28H37/c1-9-20(8)24-12-21-10-11-26(19(6)7)28(27(21)16-24)25-14-22(17(2)3)13-23(15-25)18(4)5/h10-20H,9H2,1-8H3. The summed E-state index contributed by atoms with van der Waals surface area (Å²) in [6.45, 7) is 18.5. The Morgan fingerprint density at radius 3 is 1.86 bits per heavy atom. The van der Waals surface area contributed by atoms with Crippen molar-refractivity contribution in [2.45, 2.75) is 79.6 Å². The average Bonchev–Trinajstić information content (AvgIpc) is 3.10. The zero-order chi connectivity index (χ0) is 20.6. The van der Waals surface area contributed by atoms with Crippen LogP contribution in [0.4, 0.5) is 0 Å². The fourth-order valence-electron chi connectivity index (χ4n) is 4.13. The first-order chi connectivity index (χ1) is 13.2. The Labute approximate surface area is 173 Å². The summed E-state index contributed by atoms with van der Waals surface area (Å²) < 4.78 is 0. The van der Waals surface area contributed by atoms with Crippen LogP contribution in [-0.2, 0) is 0 Å². The van der Waals surface area contributed by atoms with Crippen LogP contribution in [0.3, 0.4) is 0 Å². The highest BCUT2D eigenvalue weighted by Crippen LogP contribution is 2.43. The van der Waals surface area contributed by atoms with Crippen molar-refractivity contribution in [3.05, 3.63) is 70.1 Å². The first-order valence-corrected chi connectivity index (χ1v) is 11.1. The van der Waals surface area contributed by atoms with Crippen molar-refractivity contribution >= 4 is 6.08 Å². The van der Waals surface area contributed by atoms with Gasteiger partial charge >= 0.3 is 0 Å². The Bertz CT molecular complexity index is 851. The molecule has 0 heteroatoms. The van der Waals surface area contributed by atoms with Gasteiger partial charge in [0.15, 0.2) is 0 Å². The Balaban J connectivity index is 2.27. The Morgan fingerprint density at radius 1 is 0.750 bits per heavy atom. The van der Waals surface area contributed by atoms with E-state index >= 15 is 0 Å². The normalized spacial score (nSPS) is 14.8. The van der Waals surface area contributed by atoms with Crippen molar-refractivity contribution in [2.24, 2.45) is 5.92 Å². The lowest BCUT2D eigenvalue weighted by Gasteiger charge is -2.20. The second-order valence-electron chi connectivity index (χ2n) is 9.48. The minimum Gasteiger partial charge on any atom is -0.0648 e. The smallest absolute Gasteiger partial charge is 0.0167 e. The van der Waals surface area contributed by atoms with Gasteiger partial charge in [0.25, 0.3) is 0 Å². The highest BCUT2D eigenvalue weighted by atomic mass is 14.3. The molecule has 0 saturated carbocycles. The molecule has 0 nitrogen and oxygen atoms in total. The van der Waals surface area contributed by atoms with Crippen LogP contribution in [0, 0.1) is 12.3 Å². The van der Waals surface area contributed by atoms with Crippen molar-refractivity contribution in [1.29, 1.82) is 0 Å². The molecule has 0 heterocycles. The van der Waals surface area contributed by atoms with Gasteiger partial charge in [-0.1, -0.05) is 97.4 Å². The Kier molecular flexibility index (Phi) is 6.18. The number of allylic oxidation sites excluding steroid dienone is 1. The molecule has 0 spiro atoms. The zero-order valence-corrected chi connectivity index (χ0v) is 19.1. The van der Waals surface area contributed by atoms with E-state index < -0.39 is 0 Å². The van der Waals surface area contributed by atoms with Gasteiger partial charge in [-0.05, 0) is 69.0 Å². The summed E-state index contributed by atoms with van der Waals surface area (Å²) in [4.78, 5) is 0. The van der Waals surface area contributed by atoms with Gasteiger partial charge in [0.05, 0.1) is 0 Å². The predicted octanol–water partition coefficient (Wildman–Crippen LogP) is 8.72. The van der Waals surface area contributed by atoms with E-state index in [0.29, 0.717) is 23.7 Å². The summed E-state index contributed by atoms with van der Waals surface area (Å²) in [5.74, 6) is 2.19. The summed E-state index contributed by atoms with van der Waals surface area (Å²) in [5, 5.41) is 0. The van der Waals surface area contributed by atoms with Crippen molar-refractivity contribution in [1.82, 2.24) is 0 Å². The fourth-order valence-corrected chi connectivity index (χ4v) is 4.13. The summed E-state index contributed by atoms with van der Waals surface area (Å²) in [7, 11) is 0. The van der Waals surface area contributed by atoms with Crippen LogP contribution in [-0.4, -0.2) is 0 Å². The molecule has 0 amide bonds. The minimum atomic E-state index is 0.506. The van der Waals surface area contributed by atoms with Gasteiger partial charge < -0.3 is 0 Å². The SMILES string of the molecule is CCC(C)C1=Cc2c(ccc(C(C)C)c2-c2cc(C(C)C)cc(C(C)C)c2)[CH]1. The van der Waals surface area contributed by atoms with Gasteiger partial charge in [0.2, 0.25) is 0 Å². The molecule has 0 aliphatic heterocycles. The number of hydrogen-bond donors (Lipinski definition) is 0. The number of rotatable bonds is 6. The molecule has 0 bridgehead atoms. The molecule has 1 atom stereocenters. The molecule has 149 valence electrons. The van der Waals surface area contributed by atoms with Gasteiger partial charge in [-0.2, -0.15) is 0 Å². The summed E-state index contributed by atoms with van der Waals surface area (Å²) in [5.41, 5.74) is 11.5. The van der Waals surface area contributed by atoms with E-state index in [4.69, 9.17) is 0 Å². The lowest BCUT2D eigenvalue weighted by Crippen LogP contribution is -2.00. The third-order valence-electron chi connectivity index (χ3n) is 6.35. The van der Waals surface area contributed by atoms with Gasteiger partial charge in [0.1, 0.15) is 0 Å². The molecule has 0 aromatic heterocycles. The van der Waals surface area contributed by atoms with E-state index in [1.54, 1.807) is 0 Å². The lowest BCUT2D eigenvalue weighted by molar-refractivity contribution is 0.669. The number of benzene rings is 2. The lowest BCUT2D eigenvalue weighted by atomic mass is 9.84. The van der Waals surface area contributed by atoms with Gasteiger partial charge in [-0.15, -0.1) is 0 Å². The molecule has 1 radical (unpaired) electrons. The first-order valence-electron chi connectivity index (χ1n) is 11.1. The van der Waals surface area contributed by atoms with E-state index in [9.17, 15) is 0 Å². The fraction of sp³-hybridized carbons (Fsp3) is 0.464. The monoisotopic (exact) mass is 373 g/mol. The predicted molar refractivity (Wildman–Crippen MR) is 125 cm³/mol. The maximum atomic E-state index is 2.46. The molecule has 0 saturated heterocycles. The van der Waals surface area contributed by atoms with E-state index in [1.165, 1.54) is 50.9 Å². The maximum absolute atomic E-state index is 2.46.